The minimum absolute atomic E-state index is 0.119. The molecule has 2 N–H and O–H groups in total. The minimum atomic E-state index is -0.682. The molecule has 0 aromatic rings. The van der Waals surface area contributed by atoms with E-state index in [4.69, 9.17) is 10.5 Å². The minimum Gasteiger partial charge on any atom is -0.461 e. The van der Waals surface area contributed by atoms with Crippen molar-refractivity contribution in [1.82, 2.24) is 0 Å². The first-order valence-electron chi connectivity index (χ1n) is 7.10. The van der Waals surface area contributed by atoms with E-state index in [-0.39, 0.29) is 12.1 Å². The van der Waals surface area contributed by atoms with E-state index in [1.54, 1.807) is 0 Å². The summed E-state index contributed by atoms with van der Waals surface area (Å²) in [6.45, 7) is 2.23. The van der Waals surface area contributed by atoms with Crippen molar-refractivity contribution in [2.45, 2.75) is 76.4 Å². The summed E-state index contributed by atoms with van der Waals surface area (Å²) in [7, 11) is 0. The van der Waals surface area contributed by atoms with Crippen LogP contribution in [-0.2, 0) is 9.53 Å². The molecule has 2 atom stereocenters. The van der Waals surface area contributed by atoms with Crippen LogP contribution in [0.5, 0.6) is 0 Å². The average molecular weight is 239 g/mol. The van der Waals surface area contributed by atoms with E-state index in [0.717, 1.165) is 38.5 Å². The molecule has 0 saturated heterocycles. The fourth-order valence-electron chi connectivity index (χ4n) is 3.14. The summed E-state index contributed by atoms with van der Waals surface area (Å²) < 4.78 is 5.64. The smallest absolute Gasteiger partial charge is 0.326 e. The maximum absolute atomic E-state index is 12.1. The van der Waals surface area contributed by atoms with Crippen molar-refractivity contribution in [2.24, 2.45) is 11.7 Å². The lowest BCUT2D eigenvalue weighted by Gasteiger charge is -2.34. The summed E-state index contributed by atoms with van der Waals surface area (Å²) in [5.41, 5.74) is 5.50. The van der Waals surface area contributed by atoms with Crippen molar-refractivity contribution in [2.75, 3.05) is 0 Å². The van der Waals surface area contributed by atoms with Gasteiger partial charge < -0.3 is 10.5 Å². The maximum atomic E-state index is 12.1. The number of carbonyl (C=O) groups is 1. The second-order valence-corrected chi connectivity index (χ2v) is 6.02. The van der Waals surface area contributed by atoms with Gasteiger partial charge in [-0.1, -0.05) is 32.6 Å². The quantitative estimate of drug-likeness (QED) is 0.754. The van der Waals surface area contributed by atoms with Crippen molar-refractivity contribution in [3.8, 4) is 0 Å². The molecule has 2 rings (SSSR count). The topological polar surface area (TPSA) is 52.3 Å². The molecule has 0 aliphatic heterocycles. The van der Waals surface area contributed by atoms with Gasteiger partial charge in [0.05, 0.1) is 0 Å². The lowest BCUT2D eigenvalue weighted by atomic mass is 9.82. The van der Waals surface area contributed by atoms with Crippen LogP contribution >= 0.6 is 0 Å². The Balaban J connectivity index is 1.87. The molecule has 0 heterocycles. The van der Waals surface area contributed by atoms with Crippen molar-refractivity contribution in [3.63, 3.8) is 0 Å². The van der Waals surface area contributed by atoms with Gasteiger partial charge in [-0.3, -0.25) is 4.79 Å². The molecule has 0 aromatic heterocycles. The molecule has 2 fully saturated rings. The van der Waals surface area contributed by atoms with Crippen molar-refractivity contribution < 1.29 is 9.53 Å². The Kier molecular flexibility index (Phi) is 4.08. The van der Waals surface area contributed by atoms with Crippen molar-refractivity contribution in [1.29, 1.82) is 0 Å². The zero-order valence-electron chi connectivity index (χ0n) is 10.9. The van der Waals surface area contributed by atoms with Crippen LogP contribution in [0.25, 0.3) is 0 Å². The predicted octanol–water partition coefficient (Wildman–Crippen LogP) is 2.77. The summed E-state index contributed by atoms with van der Waals surface area (Å²) in [5.74, 6) is 0.540. The largest absolute Gasteiger partial charge is 0.461 e. The first kappa shape index (κ1) is 12.9. The highest BCUT2D eigenvalue weighted by Crippen LogP contribution is 2.30. The lowest BCUT2D eigenvalue weighted by Crippen LogP contribution is -2.51. The third kappa shape index (κ3) is 3.21. The van der Waals surface area contributed by atoms with Gasteiger partial charge in [0.25, 0.3) is 0 Å². The molecule has 2 saturated carbocycles. The molecule has 3 nitrogen and oxygen atoms in total. The molecule has 3 heteroatoms. The number of hydrogen-bond donors (Lipinski definition) is 1. The van der Waals surface area contributed by atoms with Crippen molar-refractivity contribution in [3.05, 3.63) is 0 Å². The normalized spacial score (nSPS) is 33.1. The number of hydrogen-bond acceptors (Lipinski definition) is 3. The van der Waals surface area contributed by atoms with Crippen LogP contribution in [-0.4, -0.2) is 17.6 Å². The molecule has 0 aromatic carbocycles. The van der Waals surface area contributed by atoms with Gasteiger partial charge in [-0.25, -0.2) is 0 Å². The SMILES string of the molecule is CC1CCCC(OC(=O)C2(N)CCCCC2)C1. The first-order chi connectivity index (χ1) is 8.10. The Morgan fingerprint density at radius 2 is 1.88 bits per heavy atom. The van der Waals surface area contributed by atoms with Crippen molar-refractivity contribution >= 4 is 5.97 Å². The van der Waals surface area contributed by atoms with Crippen LogP contribution in [0.3, 0.4) is 0 Å². The zero-order valence-corrected chi connectivity index (χ0v) is 10.9. The molecule has 98 valence electrons. The van der Waals surface area contributed by atoms with E-state index in [2.05, 4.69) is 6.92 Å². The molecule has 2 unspecified atom stereocenters. The molecule has 2 aliphatic rings. The standard InChI is InChI=1S/C14H25NO2/c1-11-6-5-7-12(10-11)17-13(16)14(15)8-3-2-4-9-14/h11-12H,2-10,15H2,1H3. The average Bonchev–Trinajstić information content (AvgIpc) is 2.30. The summed E-state index contributed by atoms with van der Waals surface area (Å²) in [6, 6.07) is 0. The van der Waals surface area contributed by atoms with E-state index >= 15 is 0 Å². The van der Waals surface area contributed by atoms with Crippen LogP contribution in [0.4, 0.5) is 0 Å². The van der Waals surface area contributed by atoms with E-state index in [9.17, 15) is 4.79 Å². The van der Waals surface area contributed by atoms with Gasteiger partial charge in [0, 0.05) is 0 Å². The van der Waals surface area contributed by atoms with E-state index in [0.29, 0.717) is 5.92 Å². The van der Waals surface area contributed by atoms with Gasteiger partial charge in [0.1, 0.15) is 11.6 Å². The monoisotopic (exact) mass is 239 g/mol. The van der Waals surface area contributed by atoms with Gasteiger partial charge in [0.2, 0.25) is 0 Å². The van der Waals surface area contributed by atoms with Gasteiger partial charge in [-0.2, -0.15) is 0 Å². The Morgan fingerprint density at radius 3 is 2.53 bits per heavy atom. The molecular formula is C14H25NO2. The number of ether oxygens (including phenoxy) is 1. The molecule has 0 bridgehead atoms. The Bertz CT molecular complexity index is 271. The molecule has 0 radical (unpaired) electrons. The predicted molar refractivity (Wildman–Crippen MR) is 67.5 cm³/mol. The lowest BCUT2D eigenvalue weighted by molar-refractivity contribution is -0.159. The Hall–Kier alpha value is -0.570. The summed E-state index contributed by atoms with van der Waals surface area (Å²) >= 11 is 0. The highest BCUT2D eigenvalue weighted by Gasteiger charge is 2.38. The van der Waals surface area contributed by atoms with Crippen LogP contribution in [0.1, 0.15) is 64.7 Å². The van der Waals surface area contributed by atoms with Gasteiger partial charge >= 0.3 is 5.97 Å². The molecule has 2 aliphatic carbocycles. The summed E-state index contributed by atoms with van der Waals surface area (Å²) in [5, 5.41) is 0. The highest BCUT2D eigenvalue weighted by atomic mass is 16.5. The Morgan fingerprint density at radius 1 is 1.18 bits per heavy atom. The third-order valence-corrected chi connectivity index (χ3v) is 4.31. The number of rotatable bonds is 2. The van der Waals surface area contributed by atoms with E-state index in [1.165, 1.54) is 19.3 Å². The van der Waals surface area contributed by atoms with E-state index in [1.807, 2.05) is 0 Å². The second-order valence-electron chi connectivity index (χ2n) is 6.02. The van der Waals surface area contributed by atoms with Crippen LogP contribution in [0.2, 0.25) is 0 Å². The number of carbonyl (C=O) groups excluding carboxylic acids is 1. The van der Waals surface area contributed by atoms with E-state index < -0.39 is 5.54 Å². The second kappa shape index (κ2) is 5.38. The summed E-state index contributed by atoms with van der Waals surface area (Å²) in [6.07, 6.45) is 9.52. The summed E-state index contributed by atoms with van der Waals surface area (Å²) in [4.78, 5) is 12.1. The van der Waals surface area contributed by atoms with Gasteiger partial charge in [-0.15, -0.1) is 0 Å². The molecular weight excluding hydrogens is 214 g/mol. The fourth-order valence-corrected chi connectivity index (χ4v) is 3.14. The zero-order chi connectivity index (χ0) is 12.3. The third-order valence-electron chi connectivity index (χ3n) is 4.31. The van der Waals surface area contributed by atoms with Gasteiger partial charge in [-0.05, 0) is 38.0 Å². The Labute approximate surface area is 104 Å². The fraction of sp³-hybridized carbons (Fsp3) is 0.929. The maximum Gasteiger partial charge on any atom is 0.326 e. The molecule has 17 heavy (non-hydrogen) atoms. The molecule has 0 spiro atoms. The van der Waals surface area contributed by atoms with Crippen LogP contribution in [0.15, 0.2) is 0 Å². The van der Waals surface area contributed by atoms with Crippen LogP contribution < -0.4 is 5.73 Å². The number of nitrogens with two attached hydrogens (primary N) is 1. The van der Waals surface area contributed by atoms with Crippen LogP contribution in [0, 0.1) is 5.92 Å². The highest BCUT2D eigenvalue weighted by molar-refractivity contribution is 5.80. The number of esters is 1. The van der Waals surface area contributed by atoms with Gasteiger partial charge in [0.15, 0.2) is 0 Å². The molecule has 0 amide bonds. The first-order valence-corrected chi connectivity index (χ1v) is 7.10.